The molecule has 0 aliphatic heterocycles. The molecule has 0 N–H and O–H groups in total. The first-order valence-corrected chi connectivity index (χ1v) is 14.0. The molecule has 7 aromatic rings. The molecule has 0 fully saturated rings. The highest BCUT2D eigenvalue weighted by Crippen LogP contribution is 2.42. The molecule has 7 rings (SSSR count). The van der Waals surface area contributed by atoms with Crippen LogP contribution in [0, 0.1) is 0 Å². The lowest BCUT2D eigenvalue weighted by Gasteiger charge is -2.19. The molecule has 4 aromatic carbocycles. The summed E-state index contributed by atoms with van der Waals surface area (Å²) in [6.45, 7) is 0. The van der Waals surface area contributed by atoms with Gasteiger partial charge in [0.1, 0.15) is 0 Å². The monoisotopic (exact) mass is 508 g/mol. The highest BCUT2D eigenvalue weighted by atomic mass is 31.2. The maximum atomic E-state index is 14.7. The van der Waals surface area contributed by atoms with E-state index in [0.717, 1.165) is 49.3 Å². The van der Waals surface area contributed by atoms with Crippen molar-refractivity contribution in [2.45, 2.75) is 0 Å². The summed E-state index contributed by atoms with van der Waals surface area (Å²) in [6.07, 6.45) is 6.75. The van der Waals surface area contributed by atoms with Gasteiger partial charge >= 0.3 is 0 Å². The van der Waals surface area contributed by atoms with E-state index in [1.807, 2.05) is 84.9 Å². The Bertz CT molecular complexity index is 1950. The van der Waals surface area contributed by atoms with E-state index in [-0.39, 0.29) is 0 Å². The van der Waals surface area contributed by atoms with Crippen LogP contribution in [0.15, 0.2) is 128 Å². The minimum absolute atomic E-state index is 0.680. The Morgan fingerprint density at radius 1 is 0.526 bits per heavy atom. The Morgan fingerprint density at radius 2 is 1.13 bits per heavy atom. The van der Waals surface area contributed by atoms with Crippen molar-refractivity contribution in [3.63, 3.8) is 0 Å². The van der Waals surface area contributed by atoms with Gasteiger partial charge in [0.05, 0.1) is 22.1 Å². The summed E-state index contributed by atoms with van der Waals surface area (Å²) < 4.78 is 14.7. The second-order valence-corrected chi connectivity index (χ2v) is 11.9. The van der Waals surface area contributed by atoms with Crippen LogP contribution in [0.1, 0.15) is 0 Å². The van der Waals surface area contributed by atoms with Gasteiger partial charge in [0.2, 0.25) is 0 Å². The number of pyridine rings is 2. The highest BCUT2D eigenvalue weighted by Gasteiger charge is 2.30. The van der Waals surface area contributed by atoms with Gasteiger partial charge in [-0.15, -0.1) is 0 Å². The van der Waals surface area contributed by atoms with Gasteiger partial charge in [-0.1, -0.05) is 60.7 Å². The molecular formula is C32H21N4OP. The van der Waals surface area contributed by atoms with Crippen LogP contribution in [0.4, 0.5) is 0 Å². The molecule has 0 radical (unpaired) electrons. The van der Waals surface area contributed by atoms with Crippen molar-refractivity contribution < 1.29 is 4.57 Å². The Labute approximate surface area is 219 Å². The normalized spacial score (nSPS) is 11.8. The number of hydrogen-bond donors (Lipinski definition) is 0. The van der Waals surface area contributed by atoms with Crippen LogP contribution in [-0.4, -0.2) is 19.9 Å². The molecule has 5 nitrogen and oxygen atoms in total. The fourth-order valence-electron chi connectivity index (χ4n) is 5.07. The van der Waals surface area contributed by atoms with Crippen molar-refractivity contribution in [1.82, 2.24) is 19.9 Å². The zero-order valence-electron chi connectivity index (χ0n) is 20.3. The molecule has 0 amide bonds. The molecule has 0 unspecified atom stereocenters. The van der Waals surface area contributed by atoms with Gasteiger partial charge in [0, 0.05) is 46.1 Å². The first-order chi connectivity index (χ1) is 18.7. The van der Waals surface area contributed by atoms with Gasteiger partial charge in [-0.05, 0) is 59.0 Å². The van der Waals surface area contributed by atoms with Gasteiger partial charge in [0.25, 0.3) is 0 Å². The van der Waals surface area contributed by atoms with E-state index >= 15 is 0 Å². The molecule has 3 heterocycles. The van der Waals surface area contributed by atoms with Crippen LogP contribution >= 0.6 is 7.14 Å². The predicted octanol–water partition coefficient (Wildman–Crippen LogP) is 6.03. The fourth-order valence-corrected chi connectivity index (χ4v) is 7.58. The lowest BCUT2D eigenvalue weighted by atomic mass is 9.97. The van der Waals surface area contributed by atoms with Gasteiger partial charge < -0.3 is 4.57 Å². The Morgan fingerprint density at radius 3 is 1.76 bits per heavy atom. The molecule has 0 aliphatic rings. The molecule has 6 heteroatoms. The number of rotatable bonds is 4. The molecule has 0 bridgehead atoms. The maximum Gasteiger partial charge on any atom is 0.174 e. The largest absolute Gasteiger partial charge is 0.309 e. The number of para-hydroxylation sites is 2. The first kappa shape index (κ1) is 22.5. The second-order valence-electron chi connectivity index (χ2n) is 9.13. The summed E-state index contributed by atoms with van der Waals surface area (Å²) >= 11 is 0. The number of hydrogen-bond acceptors (Lipinski definition) is 5. The third-order valence-corrected chi connectivity index (χ3v) is 9.92. The minimum Gasteiger partial charge on any atom is -0.309 e. The third-order valence-electron chi connectivity index (χ3n) is 6.91. The lowest BCUT2D eigenvalue weighted by molar-refractivity contribution is 0.592. The quantitative estimate of drug-likeness (QED) is 0.165. The number of aromatic nitrogens is 4. The van der Waals surface area contributed by atoms with Crippen molar-refractivity contribution in [1.29, 1.82) is 0 Å². The third kappa shape index (κ3) is 3.60. The molecule has 38 heavy (non-hydrogen) atoms. The summed E-state index contributed by atoms with van der Waals surface area (Å²) in [5.41, 5.74) is 5.55. The fraction of sp³-hybridized carbons (Fsp3) is 0. The zero-order valence-corrected chi connectivity index (χ0v) is 21.2. The first-order valence-electron chi connectivity index (χ1n) is 12.3. The topological polar surface area (TPSA) is 68.6 Å². The highest BCUT2D eigenvalue weighted by molar-refractivity contribution is 7.85. The summed E-state index contributed by atoms with van der Waals surface area (Å²) in [5, 5.41) is 4.25. The number of fused-ring (bicyclic) bond motifs is 4. The van der Waals surface area contributed by atoms with E-state index in [2.05, 4.69) is 28.2 Å². The van der Waals surface area contributed by atoms with Crippen molar-refractivity contribution in [3.05, 3.63) is 128 Å². The summed E-state index contributed by atoms with van der Waals surface area (Å²) in [5.74, 6) is 0. The van der Waals surface area contributed by atoms with Gasteiger partial charge in [-0.2, -0.15) is 0 Å². The zero-order chi connectivity index (χ0) is 25.5. The summed E-state index contributed by atoms with van der Waals surface area (Å²) in [4.78, 5) is 18.4. The van der Waals surface area contributed by atoms with Crippen LogP contribution in [0.3, 0.4) is 0 Å². The van der Waals surface area contributed by atoms with Crippen molar-refractivity contribution in [3.8, 4) is 11.1 Å². The standard InChI is InChI=1S/C32H21N4OP/c37-38(24-7-5-17-33-20-24,25-8-6-18-34-21-25)23-15-13-22(14-16-23)28-19-31-32(27-10-2-1-9-26(27)28)36-30-12-4-3-11-29(30)35-31/h1-21H. The van der Waals surface area contributed by atoms with Crippen LogP contribution in [0.25, 0.3) is 44.0 Å². The van der Waals surface area contributed by atoms with Crippen molar-refractivity contribution in [2.24, 2.45) is 0 Å². The van der Waals surface area contributed by atoms with Gasteiger partial charge in [0.15, 0.2) is 7.14 Å². The smallest absolute Gasteiger partial charge is 0.174 e. The predicted molar refractivity (Wildman–Crippen MR) is 155 cm³/mol. The SMILES string of the molecule is O=P(c1ccc(-c2cc3nc4ccccc4nc3c3ccccc23)cc1)(c1cccnc1)c1cccnc1. The second kappa shape index (κ2) is 8.98. The summed E-state index contributed by atoms with van der Waals surface area (Å²) in [7, 11) is -3.15. The average Bonchev–Trinajstić information content (AvgIpc) is 3.00. The van der Waals surface area contributed by atoms with Gasteiger partial charge in [-0.3, -0.25) is 9.97 Å². The van der Waals surface area contributed by atoms with Crippen LogP contribution in [0.2, 0.25) is 0 Å². The van der Waals surface area contributed by atoms with Crippen molar-refractivity contribution in [2.75, 3.05) is 0 Å². The van der Waals surface area contributed by atoms with Crippen LogP contribution in [0.5, 0.6) is 0 Å². The van der Waals surface area contributed by atoms with Crippen LogP contribution in [-0.2, 0) is 4.57 Å². The Kier molecular flexibility index (Phi) is 5.31. The van der Waals surface area contributed by atoms with E-state index in [0.29, 0.717) is 10.6 Å². The van der Waals surface area contributed by atoms with E-state index < -0.39 is 7.14 Å². The molecule has 0 saturated carbocycles. The van der Waals surface area contributed by atoms with E-state index in [1.165, 1.54) is 0 Å². The maximum absolute atomic E-state index is 14.7. The van der Waals surface area contributed by atoms with Crippen molar-refractivity contribution >= 4 is 55.9 Å². The molecule has 180 valence electrons. The van der Waals surface area contributed by atoms with Gasteiger partial charge in [-0.25, -0.2) is 9.97 Å². The summed E-state index contributed by atoms with van der Waals surface area (Å²) in [6, 6.07) is 33.7. The Balaban J connectivity index is 1.42. The Hall–Kier alpha value is -4.73. The van der Waals surface area contributed by atoms with E-state index in [1.54, 1.807) is 24.8 Å². The molecular weight excluding hydrogens is 487 g/mol. The lowest BCUT2D eigenvalue weighted by Crippen LogP contribution is -2.25. The molecule has 0 atom stereocenters. The average molecular weight is 509 g/mol. The van der Waals surface area contributed by atoms with E-state index in [9.17, 15) is 4.57 Å². The minimum atomic E-state index is -3.15. The number of nitrogens with zero attached hydrogens (tertiary/aromatic N) is 4. The molecule has 0 aliphatic carbocycles. The molecule has 3 aromatic heterocycles. The molecule has 0 spiro atoms. The van der Waals surface area contributed by atoms with Crippen LogP contribution < -0.4 is 15.9 Å². The number of benzene rings is 4. The molecule has 0 saturated heterocycles. The van der Waals surface area contributed by atoms with E-state index in [4.69, 9.17) is 9.97 Å².